The minimum Gasteiger partial charge on any atom is -0.354 e. The third kappa shape index (κ3) is 6.75. The summed E-state index contributed by atoms with van der Waals surface area (Å²) in [7, 11) is -0.938. The fraction of sp³-hybridized carbons (Fsp3) is 0.938. The molecule has 1 rings (SSSR count). The van der Waals surface area contributed by atoms with Crippen molar-refractivity contribution in [2.45, 2.75) is 70.8 Å². The molecule has 1 unspecified atom stereocenters. The highest BCUT2D eigenvalue weighted by molar-refractivity contribution is 8.22. The molecule has 1 aliphatic rings. The first kappa shape index (κ1) is 20.2. The van der Waals surface area contributed by atoms with Crippen LogP contribution in [0.4, 0.5) is 0 Å². The van der Waals surface area contributed by atoms with Gasteiger partial charge in [-0.25, -0.2) is 8.42 Å². The van der Waals surface area contributed by atoms with Crippen molar-refractivity contribution in [2.24, 2.45) is 0 Å². The molecule has 1 saturated heterocycles. The smallest absolute Gasteiger partial charge is 0.152 e. The lowest BCUT2D eigenvalue weighted by Gasteiger charge is -2.36. The summed E-state index contributed by atoms with van der Waals surface area (Å²) in [6.45, 7) is 4.25. The number of thioether (sulfide) groups is 1. The van der Waals surface area contributed by atoms with Crippen LogP contribution in [0.15, 0.2) is 0 Å². The Bertz CT molecular complexity index is 450. The molecule has 0 aliphatic carbocycles. The number of rotatable bonds is 9. The van der Waals surface area contributed by atoms with Crippen LogP contribution in [-0.4, -0.2) is 47.5 Å². The molecule has 0 spiro atoms. The van der Waals surface area contributed by atoms with E-state index < -0.39 is 9.84 Å². The Kier molecular flexibility index (Phi) is 8.72. The maximum atomic E-state index is 11.7. The van der Waals surface area contributed by atoms with Crippen molar-refractivity contribution < 1.29 is 8.42 Å². The molecular weight excluding hydrogens is 334 g/mol. The number of unbranched alkanes of at least 4 members (excludes halogenated alkanes) is 6. The molecule has 1 heterocycles. The van der Waals surface area contributed by atoms with Crippen molar-refractivity contribution in [3.63, 3.8) is 0 Å². The van der Waals surface area contributed by atoms with Gasteiger partial charge in [0.1, 0.15) is 4.32 Å². The maximum Gasteiger partial charge on any atom is 0.152 e. The summed E-state index contributed by atoms with van der Waals surface area (Å²) in [4.78, 5) is 2.01. The lowest BCUT2D eigenvalue weighted by molar-refractivity contribution is 0.271. The largest absolute Gasteiger partial charge is 0.354 e. The van der Waals surface area contributed by atoms with Gasteiger partial charge in [0.25, 0.3) is 0 Å². The van der Waals surface area contributed by atoms with E-state index in [1.165, 1.54) is 44.9 Å². The molecule has 0 aromatic carbocycles. The normalized spacial score (nSPS) is 23.6. The summed E-state index contributed by atoms with van der Waals surface area (Å²) in [5, 5.41) is 0. The van der Waals surface area contributed by atoms with Crippen molar-refractivity contribution in [2.75, 3.05) is 24.3 Å². The van der Waals surface area contributed by atoms with Crippen LogP contribution in [0, 0.1) is 0 Å². The Balaban J connectivity index is 2.20. The molecule has 130 valence electrons. The Labute approximate surface area is 146 Å². The van der Waals surface area contributed by atoms with Crippen molar-refractivity contribution in [3.05, 3.63) is 0 Å². The number of hydrogen-bond acceptors (Lipinski definition) is 4. The van der Waals surface area contributed by atoms with E-state index in [0.29, 0.717) is 12.2 Å². The molecule has 6 heteroatoms. The van der Waals surface area contributed by atoms with Gasteiger partial charge in [0.05, 0.1) is 17.0 Å². The van der Waals surface area contributed by atoms with E-state index in [4.69, 9.17) is 12.2 Å². The van der Waals surface area contributed by atoms with Crippen molar-refractivity contribution in [1.29, 1.82) is 0 Å². The van der Waals surface area contributed by atoms with Crippen LogP contribution in [0.3, 0.4) is 0 Å². The number of hydrogen-bond donors (Lipinski definition) is 0. The predicted molar refractivity (Wildman–Crippen MR) is 102 cm³/mol. The maximum absolute atomic E-state index is 11.7. The number of sulfone groups is 1. The average molecular weight is 366 g/mol. The molecule has 22 heavy (non-hydrogen) atoms. The fourth-order valence-electron chi connectivity index (χ4n) is 2.79. The monoisotopic (exact) mass is 365 g/mol. The van der Waals surface area contributed by atoms with Gasteiger partial charge in [0, 0.05) is 12.8 Å². The van der Waals surface area contributed by atoms with Gasteiger partial charge in [-0.15, -0.1) is 0 Å². The highest BCUT2D eigenvalue weighted by atomic mass is 32.2. The predicted octanol–water partition coefficient (Wildman–Crippen LogP) is 4.26. The molecule has 0 amide bonds. The van der Waals surface area contributed by atoms with Gasteiger partial charge < -0.3 is 4.90 Å². The van der Waals surface area contributed by atoms with Crippen LogP contribution < -0.4 is 0 Å². The third-order valence-electron chi connectivity index (χ3n) is 4.54. The van der Waals surface area contributed by atoms with Crippen LogP contribution in [0.1, 0.15) is 65.2 Å². The van der Waals surface area contributed by atoms with E-state index in [2.05, 4.69) is 6.92 Å². The second-order valence-corrected chi connectivity index (χ2v) is 10.5. The zero-order valence-electron chi connectivity index (χ0n) is 14.3. The molecule has 0 aromatic heterocycles. The van der Waals surface area contributed by atoms with Gasteiger partial charge in [-0.1, -0.05) is 69.4 Å². The summed E-state index contributed by atoms with van der Waals surface area (Å²) in [5.74, 6) is 1.56. The van der Waals surface area contributed by atoms with Gasteiger partial charge >= 0.3 is 0 Å². The number of thiocarbonyl (C=S) groups is 1. The third-order valence-corrected chi connectivity index (χ3v) is 8.07. The zero-order valence-corrected chi connectivity index (χ0v) is 16.7. The highest BCUT2D eigenvalue weighted by Gasteiger charge is 2.42. The van der Waals surface area contributed by atoms with Gasteiger partial charge in [0.15, 0.2) is 9.84 Å². The molecule has 0 saturated carbocycles. The minimum atomic E-state index is -2.88. The molecule has 0 aromatic rings. The first-order chi connectivity index (χ1) is 10.3. The summed E-state index contributed by atoms with van der Waals surface area (Å²) >= 11 is 7.19. The van der Waals surface area contributed by atoms with E-state index in [1.807, 2.05) is 18.9 Å². The van der Waals surface area contributed by atoms with Crippen molar-refractivity contribution in [3.8, 4) is 0 Å². The molecule has 1 aliphatic heterocycles. The minimum absolute atomic E-state index is 0.231. The first-order valence-corrected chi connectivity index (χ1v) is 11.6. The molecule has 3 nitrogen and oxygen atoms in total. The van der Waals surface area contributed by atoms with Gasteiger partial charge in [-0.05, 0) is 19.8 Å². The van der Waals surface area contributed by atoms with Crippen molar-refractivity contribution >= 4 is 38.1 Å². The molecule has 0 radical (unpaired) electrons. The summed E-state index contributed by atoms with van der Waals surface area (Å²) < 4.78 is 24.2. The quantitative estimate of drug-likeness (QED) is 0.451. The Morgan fingerprint density at radius 2 is 1.77 bits per heavy atom. The zero-order chi connectivity index (χ0) is 16.6. The topological polar surface area (TPSA) is 37.4 Å². The SMILES string of the molecule is CCCCCCCCCSC(=S)N(C)C1(C)CCS(=O)(=O)C1. The van der Waals surface area contributed by atoms with E-state index in [1.54, 1.807) is 11.8 Å². The second kappa shape index (κ2) is 9.48. The standard InChI is InChI=1S/C16H31NO2S3/c1-4-5-6-7-8-9-10-12-21-15(20)17(3)16(2)11-13-22(18,19)14-16/h4-14H2,1-3H3. The Morgan fingerprint density at radius 3 is 2.32 bits per heavy atom. The van der Waals surface area contributed by atoms with Gasteiger partial charge in [-0.3, -0.25) is 0 Å². The fourth-order valence-corrected chi connectivity index (χ4v) is 6.38. The molecule has 1 fully saturated rings. The molecular formula is C16H31NO2S3. The van der Waals surface area contributed by atoms with E-state index in [-0.39, 0.29) is 11.3 Å². The Hall–Kier alpha value is 0.190. The molecule has 0 bridgehead atoms. The van der Waals surface area contributed by atoms with E-state index in [0.717, 1.165) is 10.1 Å². The highest BCUT2D eigenvalue weighted by Crippen LogP contribution is 2.30. The van der Waals surface area contributed by atoms with E-state index >= 15 is 0 Å². The number of nitrogens with zero attached hydrogens (tertiary/aromatic N) is 1. The summed E-state index contributed by atoms with van der Waals surface area (Å²) in [6.07, 6.45) is 9.82. The van der Waals surface area contributed by atoms with Crippen LogP contribution in [0.25, 0.3) is 0 Å². The summed E-state index contributed by atoms with van der Waals surface area (Å²) in [5.41, 5.74) is -0.316. The average Bonchev–Trinajstić information content (AvgIpc) is 2.75. The Morgan fingerprint density at radius 1 is 1.18 bits per heavy atom. The van der Waals surface area contributed by atoms with Crippen LogP contribution >= 0.6 is 24.0 Å². The van der Waals surface area contributed by atoms with Crippen LogP contribution in [0.2, 0.25) is 0 Å². The molecule has 1 atom stereocenters. The lowest BCUT2D eigenvalue weighted by Crippen LogP contribution is -2.46. The van der Waals surface area contributed by atoms with Gasteiger partial charge in [-0.2, -0.15) is 0 Å². The van der Waals surface area contributed by atoms with E-state index in [9.17, 15) is 8.42 Å². The van der Waals surface area contributed by atoms with Gasteiger partial charge in [0.2, 0.25) is 0 Å². The van der Waals surface area contributed by atoms with Crippen LogP contribution in [-0.2, 0) is 9.84 Å². The first-order valence-electron chi connectivity index (χ1n) is 8.42. The second-order valence-electron chi connectivity index (χ2n) is 6.63. The van der Waals surface area contributed by atoms with Crippen molar-refractivity contribution in [1.82, 2.24) is 4.90 Å². The van der Waals surface area contributed by atoms with Crippen LogP contribution in [0.5, 0.6) is 0 Å². The summed E-state index contributed by atoms with van der Waals surface area (Å²) in [6, 6.07) is 0. The lowest BCUT2D eigenvalue weighted by atomic mass is 10.0. The molecule has 0 N–H and O–H groups in total.